The van der Waals surface area contributed by atoms with Gasteiger partial charge < -0.3 is 15.4 Å². The van der Waals surface area contributed by atoms with Crippen LogP contribution in [0, 0.1) is 12.7 Å². The maximum atomic E-state index is 13.8. The highest BCUT2D eigenvalue weighted by Crippen LogP contribution is 2.27. The molecule has 1 saturated carbocycles. The quantitative estimate of drug-likeness (QED) is 0.872. The average Bonchev–Trinajstić information content (AvgIpc) is 2.54. The molecule has 0 heterocycles. The van der Waals surface area contributed by atoms with Gasteiger partial charge >= 0.3 is 6.09 Å². The summed E-state index contributed by atoms with van der Waals surface area (Å²) in [6, 6.07) is 14.8. The summed E-state index contributed by atoms with van der Waals surface area (Å²) in [6.07, 6.45) is 1.10. The lowest BCUT2D eigenvalue weighted by Crippen LogP contribution is -2.49. The van der Waals surface area contributed by atoms with Gasteiger partial charge in [-0.25, -0.2) is 9.18 Å². The minimum atomic E-state index is -0.413. The van der Waals surface area contributed by atoms with E-state index in [1.54, 1.807) is 6.07 Å². The number of nitrogens with one attached hydrogen (secondary N) is 2. The number of hydrogen-bond donors (Lipinski definition) is 2. The van der Waals surface area contributed by atoms with Gasteiger partial charge in [0.15, 0.2) is 0 Å². The molecule has 1 aliphatic rings. The summed E-state index contributed by atoms with van der Waals surface area (Å²) in [7, 11) is 0. The number of hydrogen-bond acceptors (Lipinski definition) is 3. The molecule has 2 aromatic rings. The van der Waals surface area contributed by atoms with E-state index in [0.29, 0.717) is 5.69 Å². The van der Waals surface area contributed by atoms with Crippen molar-refractivity contribution in [1.29, 1.82) is 0 Å². The van der Waals surface area contributed by atoms with Crippen molar-refractivity contribution in [2.24, 2.45) is 0 Å². The topological polar surface area (TPSA) is 50.4 Å². The largest absolute Gasteiger partial charge is 0.445 e. The fraction of sp³-hybridized carbons (Fsp3) is 0.316. The van der Waals surface area contributed by atoms with Crippen LogP contribution in [0.4, 0.5) is 14.9 Å². The van der Waals surface area contributed by atoms with Gasteiger partial charge in [0.25, 0.3) is 0 Å². The predicted octanol–water partition coefficient (Wildman–Crippen LogP) is 4.00. The first kappa shape index (κ1) is 16.3. The highest BCUT2D eigenvalue weighted by Gasteiger charge is 2.31. The Morgan fingerprint density at radius 1 is 1.12 bits per heavy atom. The lowest BCUT2D eigenvalue weighted by atomic mass is 9.86. The van der Waals surface area contributed by atoms with Crippen LogP contribution in [-0.4, -0.2) is 18.2 Å². The Labute approximate surface area is 141 Å². The summed E-state index contributed by atoms with van der Waals surface area (Å²) >= 11 is 0. The van der Waals surface area contributed by atoms with Crippen LogP contribution in [0.15, 0.2) is 48.5 Å². The minimum Gasteiger partial charge on any atom is -0.445 e. The molecule has 2 aromatic carbocycles. The van der Waals surface area contributed by atoms with Gasteiger partial charge in [-0.3, -0.25) is 0 Å². The molecule has 2 N–H and O–H groups in total. The lowest BCUT2D eigenvalue weighted by molar-refractivity contribution is 0.129. The number of halogens is 1. The third-order valence-corrected chi connectivity index (χ3v) is 4.24. The second-order valence-electron chi connectivity index (χ2n) is 6.15. The second kappa shape index (κ2) is 7.34. The SMILES string of the molecule is Cc1cccc(F)c1NC1CC(NC(=O)OCc2ccccc2)C1. The van der Waals surface area contributed by atoms with Crippen LogP contribution in [0.5, 0.6) is 0 Å². The molecule has 0 atom stereocenters. The summed E-state index contributed by atoms with van der Waals surface area (Å²) in [5.41, 5.74) is 2.39. The Kier molecular flexibility index (Phi) is 4.99. The summed E-state index contributed by atoms with van der Waals surface area (Å²) in [4.78, 5) is 11.8. The van der Waals surface area contributed by atoms with Crippen molar-refractivity contribution in [3.05, 3.63) is 65.5 Å². The Morgan fingerprint density at radius 2 is 1.88 bits per heavy atom. The van der Waals surface area contributed by atoms with Gasteiger partial charge in [0.05, 0.1) is 5.69 Å². The van der Waals surface area contributed by atoms with Crippen molar-refractivity contribution in [2.75, 3.05) is 5.32 Å². The van der Waals surface area contributed by atoms with Gasteiger partial charge in [-0.05, 0) is 37.0 Å². The number of ether oxygens (including phenoxy) is 1. The molecular weight excluding hydrogens is 307 g/mol. The first-order chi connectivity index (χ1) is 11.6. The fourth-order valence-electron chi connectivity index (χ4n) is 2.80. The maximum absolute atomic E-state index is 13.8. The molecule has 0 aromatic heterocycles. The number of para-hydroxylation sites is 1. The van der Waals surface area contributed by atoms with E-state index in [0.717, 1.165) is 24.0 Å². The van der Waals surface area contributed by atoms with Gasteiger partial charge in [-0.2, -0.15) is 0 Å². The van der Waals surface area contributed by atoms with E-state index in [1.165, 1.54) is 6.07 Å². The lowest BCUT2D eigenvalue weighted by Gasteiger charge is -2.37. The summed E-state index contributed by atoms with van der Waals surface area (Å²) in [6.45, 7) is 2.14. The Morgan fingerprint density at radius 3 is 2.58 bits per heavy atom. The molecule has 0 bridgehead atoms. The van der Waals surface area contributed by atoms with Crippen molar-refractivity contribution in [3.8, 4) is 0 Å². The number of amides is 1. The smallest absolute Gasteiger partial charge is 0.407 e. The number of alkyl carbamates (subject to hydrolysis) is 1. The van der Waals surface area contributed by atoms with Gasteiger partial charge in [-0.15, -0.1) is 0 Å². The van der Waals surface area contributed by atoms with E-state index in [9.17, 15) is 9.18 Å². The number of rotatable bonds is 5. The molecule has 1 fully saturated rings. The Hall–Kier alpha value is -2.56. The van der Waals surface area contributed by atoms with E-state index >= 15 is 0 Å². The number of anilines is 1. The predicted molar refractivity (Wildman–Crippen MR) is 91.3 cm³/mol. The summed E-state index contributed by atoms with van der Waals surface area (Å²) in [5, 5.41) is 6.05. The first-order valence-electron chi connectivity index (χ1n) is 8.10. The molecule has 3 rings (SSSR count). The fourth-order valence-corrected chi connectivity index (χ4v) is 2.80. The van der Waals surface area contributed by atoms with Gasteiger partial charge in [-0.1, -0.05) is 42.5 Å². The molecule has 24 heavy (non-hydrogen) atoms. The van der Waals surface area contributed by atoms with Crippen molar-refractivity contribution in [2.45, 2.75) is 38.5 Å². The zero-order chi connectivity index (χ0) is 16.9. The highest BCUT2D eigenvalue weighted by atomic mass is 19.1. The number of benzene rings is 2. The van der Waals surface area contributed by atoms with Gasteiger partial charge in [0.1, 0.15) is 12.4 Å². The van der Waals surface area contributed by atoms with Crippen LogP contribution in [-0.2, 0) is 11.3 Å². The van der Waals surface area contributed by atoms with E-state index in [4.69, 9.17) is 4.74 Å². The molecule has 0 radical (unpaired) electrons. The normalized spacial score (nSPS) is 19.2. The standard InChI is InChI=1S/C19H21FN2O2/c1-13-6-5-9-17(20)18(13)21-15-10-16(11-15)22-19(23)24-12-14-7-3-2-4-8-14/h2-9,15-16,21H,10-12H2,1H3,(H,22,23). The van der Waals surface area contributed by atoms with Crippen LogP contribution in [0.25, 0.3) is 0 Å². The van der Waals surface area contributed by atoms with Crippen molar-refractivity contribution >= 4 is 11.8 Å². The zero-order valence-electron chi connectivity index (χ0n) is 13.6. The third kappa shape index (κ3) is 4.04. The van der Waals surface area contributed by atoms with Crippen molar-refractivity contribution in [3.63, 3.8) is 0 Å². The van der Waals surface area contributed by atoms with Crippen LogP contribution in [0.1, 0.15) is 24.0 Å². The van der Waals surface area contributed by atoms with Crippen LogP contribution < -0.4 is 10.6 Å². The molecule has 0 saturated heterocycles. The van der Waals surface area contributed by atoms with Gasteiger partial charge in [0.2, 0.25) is 0 Å². The molecule has 0 aliphatic heterocycles. The minimum absolute atomic E-state index is 0.0675. The molecule has 1 amide bonds. The first-order valence-corrected chi connectivity index (χ1v) is 8.10. The molecule has 1 aliphatic carbocycles. The molecule has 126 valence electrons. The summed E-state index contributed by atoms with van der Waals surface area (Å²) in [5.74, 6) is -0.242. The average molecular weight is 328 g/mol. The molecule has 0 spiro atoms. The number of aryl methyl sites for hydroxylation is 1. The van der Waals surface area contributed by atoms with E-state index in [1.807, 2.05) is 43.3 Å². The Bertz CT molecular complexity index is 680. The number of carbonyl (C=O) groups excluding carboxylic acids is 1. The van der Waals surface area contributed by atoms with E-state index < -0.39 is 6.09 Å². The van der Waals surface area contributed by atoms with Crippen LogP contribution in [0.2, 0.25) is 0 Å². The highest BCUT2D eigenvalue weighted by molar-refractivity contribution is 5.68. The molecule has 5 heteroatoms. The second-order valence-corrected chi connectivity index (χ2v) is 6.15. The molecule has 0 unspecified atom stereocenters. The van der Waals surface area contributed by atoms with Crippen molar-refractivity contribution < 1.29 is 13.9 Å². The van der Waals surface area contributed by atoms with Crippen LogP contribution in [0.3, 0.4) is 0 Å². The van der Waals surface area contributed by atoms with Gasteiger partial charge in [0, 0.05) is 12.1 Å². The summed E-state index contributed by atoms with van der Waals surface area (Å²) < 4.78 is 19.0. The monoisotopic (exact) mass is 328 g/mol. The number of carbonyl (C=O) groups is 1. The molecular formula is C19H21FN2O2. The third-order valence-electron chi connectivity index (χ3n) is 4.24. The van der Waals surface area contributed by atoms with Crippen molar-refractivity contribution in [1.82, 2.24) is 5.32 Å². The Balaban J connectivity index is 1.40. The van der Waals surface area contributed by atoms with Crippen LogP contribution >= 0.6 is 0 Å². The zero-order valence-corrected chi connectivity index (χ0v) is 13.6. The maximum Gasteiger partial charge on any atom is 0.407 e. The van der Waals surface area contributed by atoms with E-state index in [2.05, 4.69) is 10.6 Å². The van der Waals surface area contributed by atoms with E-state index in [-0.39, 0.29) is 24.5 Å². The molecule has 4 nitrogen and oxygen atoms in total.